The minimum absolute atomic E-state index is 0.0565. The summed E-state index contributed by atoms with van der Waals surface area (Å²) in [6.45, 7) is 5.60. The molecule has 1 aliphatic heterocycles. The summed E-state index contributed by atoms with van der Waals surface area (Å²) in [6, 6.07) is 8.34. The number of amides is 2. The molecule has 0 saturated carbocycles. The molecule has 1 aromatic carbocycles. The Bertz CT molecular complexity index is 437. The van der Waals surface area contributed by atoms with Crippen molar-refractivity contribution in [3.8, 4) is 0 Å². The van der Waals surface area contributed by atoms with Crippen LogP contribution in [-0.4, -0.2) is 30.1 Å². The summed E-state index contributed by atoms with van der Waals surface area (Å²) >= 11 is 0. The molecule has 4 nitrogen and oxygen atoms in total. The number of hydrogen-bond acceptors (Lipinski definition) is 2. The lowest BCUT2D eigenvalue weighted by atomic mass is 9.89. The molecule has 1 heterocycles. The highest BCUT2D eigenvalue weighted by molar-refractivity contribution is 5.74. The molecule has 1 aromatic rings. The van der Waals surface area contributed by atoms with Gasteiger partial charge in [-0.3, -0.25) is 0 Å². The Labute approximate surface area is 115 Å². The van der Waals surface area contributed by atoms with Crippen molar-refractivity contribution in [3.05, 3.63) is 29.8 Å². The lowest BCUT2D eigenvalue weighted by Gasteiger charge is -2.32. The fourth-order valence-corrected chi connectivity index (χ4v) is 2.57. The number of nitrogen functional groups attached to an aromatic ring is 1. The maximum atomic E-state index is 11.9. The lowest BCUT2D eigenvalue weighted by molar-refractivity contribution is 0.179. The molecule has 0 atom stereocenters. The lowest BCUT2D eigenvalue weighted by Crippen LogP contribution is -2.46. The molecule has 104 valence electrons. The number of nitrogens with one attached hydrogen (secondary N) is 1. The number of urea groups is 1. The molecule has 4 heteroatoms. The van der Waals surface area contributed by atoms with Gasteiger partial charge in [0.25, 0.3) is 0 Å². The number of carbonyl (C=O) groups is 1. The number of carbonyl (C=O) groups excluding carboxylic acids is 1. The van der Waals surface area contributed by atoms with Crippen molar-refractivity contribution in [2.75, 3.05) is 18.8 Å². The number of piperidine rings is 1. The normalized spacial score (nSPS) is 16.7. The second-order valence-corrected chi connectivity index (χ2v) is 5.54. The van der Waals surface area contributed by atoms with Crippen LogP contribution in [0.4, 0.5) is 10.5 Å². The van der Waals surface area contributed by atoms with Crippen molar-refractivity contribution < 1.29 is 4.79 Å². The van der Waals surface area contributed by atoms with Gasteiger partial charge < -0.3 is 16.0 Å². The van der Waals surface area contributed by atoms with Crippen LogP contribution in [0, 0.1) is 0 Å². The van der Waals surface area contributed by atoms with Crippen LogP contribution >= 0.6 is 0 Å². The highest BCUT2D eigenvalue weighted by Crippen LogP contribution is 2.28. The molecule has 0 radical (unpaired) electrons. The van der Waals surface area contributed by atoms with Gasteiger partial charge in [-0.25, -0.2) is 4.79 Å². The number of nitrogens with two attached hydrogens (primary N) is 1. The minimum atomic E-state index is 0.0565. The van der Waals surface area contributed by atoms with E-state index in [0.717, 1.165) is 31.6 Å². The summed E-state index contributed by atoms with van der Waals surface area (Å²) in [7, 11) is 0. The van der Waals surface area contributed by atoms with Crippen molar-refractivity contribution in [1.82, 2.24) is 10.2 Å². The molecule has 1 saturated heterocycles. The number of likely N-dealkylation sites (tertiary alicyclic amines) is 1. The monoisotopic (exact) mass is 261 g/mol. The van der Waals surface area contributed by atoms with Crippen molar-refractivity contribution >= 4 is 11.7 Å². The third kappa shape index (κ3) is 3.63. The molecule has 1 aliphatic rings. The summed E-state index contributed by atoms with van der Waals surface area (Å²) in [6.07, 6.45) is 2.02. The highest BCUT2D eigenvalue weighted by atomic mass is 16.2. The summed E-state index contributed by atoms with van der Waals surface area (Å²) in [5.41, 5.74) is 7.93. The van der Waals surface area contributed by atoms with Gasteiger partial charge in [-0.05, 0) is 50.3 Å². The van der Waals surface area contributed by atoms with Gasteiger partial charge in [0.2, 0.25) is 0 Å². The first-order chi connectivity index (χ1) is 9.06. The Morgan fingerprint density at radius 1 is 1.37 bits per heavy atom. The average Bonchev–Trinajstić information content (AvgIpc) is 2.38. The molecule has 0 aromatic heterocycles. The fraction of sp³-hybridized carbons (Fsp3) is 0.533. The molecule has 0 unspecified atom stereocenters. The van der Waals surface area contributed by atoms with E-state index in [-0.39, 0.29) is 12.1 Å². The summed E-state index contributed by atoms with van der Waals surface area (Å²) in [4.78, 5) is 13.8. The van der Waals surface area contributed by atoms with Crippen LogP contribution in [0.1, 0.15) is 38.2 Å². The fourth-order valence-electron chi connectivity index (χ4n) is 2.57. The molecule has 2 amide bonds. The zero-order valence-electron chi connectivity index (χ0n) is 11.7. The summed E-state index contributed by atoms with van der Waals surface area (Å²) in [5.74, 6) is 0.520. The van der Waals surface area contributed by atoms with E-state index >= 15 is 0 Å². The second kappa shape index (κ2) is 5.95. The summed E-state index contributed by atoms with van der Waals surface area (Å²) < 4.78 is 0. The van der Waals surface area contributed by atoms with Crippen LogP contribution in [0.2, 0.25) is 0 Å². The number of benzene rings is 1. The standard InChI is InChI=1S/C15H23N3O/c1-11(2)17-15(19)18-8-6-12(7-9-18)13-4-3-5-14(16)10-13/h3-5,10-12H,6-9,16H2,1-2H3,(H,17,19). The molecular formula is C15H23N3O. The maximum absolute atomic E-state index is 11.9. The molecular weight excluding hydrogens is 238 g/mol. The predicted octanol–water partition coefficient (Wildman–Crippen LogP) is 2.57. The molecule has 0 spiro atoms. The third-order valence-electron chi connectivity index (χ3n) is 3.58. The Hall–Kier alpha value is -1.71. The number of anilines is 1. The predicted molar refractivity (Wildman–Crippen MR) is 78.1 cm³/mol. The Morgan fingerprint density at radius 2 is 2.05 bits per heavy atom. The first kappa shape index (κ1) is 13.7. The Kier molecular flexibility index (Phi) is 4.30. The Balaban J connectivity index is 1.90. The van der Waals surface area contributed by atoms with Crippen molar-refractivity contribution in [1.29, 1.82) is 0 Å². The summed E-state index contributed by atoms with van der Waals surface area (Å²) in [5, 5.41) is 2.94. The number of nitrogens with zero attached hydrogens (tertiary/aromatic N) is 1. The van der Waals surface area contributed by atoms with E-state index in [1.54, 1.807) is 0 Å². The quantitative estimate of drug-likeness (QED) is 0.804. The van der Waals surface area contributed by atoms with E-state index in [1.165, 1.54) is 5.56 Å². The number of hydrogen-bond donors (Lipinski definition) is 2. The molecule has 0 aliphatic carbocycles. The third-order valence-corrected chi connectivity index (χ3v) is 3.58. The molecule has 0 bridgehead atoms. The van der Waals surface area contributed by atoms with Crippen molar-refractivity contribution in [2.24, 2.45) is 0 Å². The van der Waals surface area contributed by atoms with E-state index < -0.39 is 0 Å². The largest absolute Gasteiger partial charge is 0.399 e. The van der Waals surface area contributed by atoms with Crippen LogP contribution in [0.15, 0.2) is 24.3 Å². The highest BCUT2D eigenvalue weighted by Gasteiger charge is 2.23. The number of rotatable bonds is 2. The van der Waals surface area contributed by atoms with E-state index in [0.29, 0.717) is 5.92 Å². The van der Waals surface area contributed by atoms with Crippen LogP contribution in [0.25, 0.3) is 0 Å². The smallest absolute Gasteiger partial charge is 0.317 e. The van der Waals surface area contributed by atoms with Crippen molar-refractivity contribution in [2.45, 2.75) is 38.6 Å². The zero-order valence-corrected chi connectivity index (χ0v) is 11.7. The topological polar surface area (TPSA) is 58.4 Å². The first-order valence-corrected chi connectivity index (χ1v) is 6.97. The zero-order chi connectivity index (χ0) is 13.8. The van der Waals surface area contributed by atoms with Gasteiger partial charge in [-0.15, -0.1) is 0 Å². The van der Waals surface area contributed by atoms with Crippen LogP contribution in [0.5, 0.6) is 0 Å². The van der Waals surface area contributed by atoms with Gasteiger partial charge in [0.15, 0.2) is 0 Å². The van der Waals surface area contributed by atoms with E-state index in [2.05, 4.69) is 17.4 Å². The molecule has 19 heavy (non-hydrogen) atoms. The van der Waals surface area contributed by atoms with E-state index in [1.807, 2.05) is 30.9 Å². The van der Waals surface area contributed by atoms with Gasteiger partial charge in [0, 0.05) is 24.8 Å². The second-order valence-electron chi connectivity index (χ2n) is 5.54. The van der Waals surface area contributed by atoms with Gasteiger partial charge in [0.1, 0.15) is 0 Å². The van der Waals surface area contributed by atoms with Crippen LogP contribution < -0.4 is 11.1 Å². The van der Waals surface area contributed by atoms with Gasteiger partial charge >= 0.3 is 6.03 Å². The van der Waals surface area contributed by atoms with Gasteiger partial charge in [0.05, 0.1) is 0 Å². The Morgan fingerprint density at radius 3 is 2.63 bits per heavy atom. The molecule has 2 rings (SSSR count). The molecule has 3 N–H and O–H groups in total. The minimum Gasteiger partial charge on any atom is -0.399 e. The van der Waals surface area contributed by atoms with Crippen molar-refractivity contribution in [3.63, 3.8) is 0 Å². The SMILES string of the molecule is CC(C)NC(=O)N1CCC(c2cccc(N)c2)CC1. The first-order valence-electron chi connectivity index (χ1n) is 6.97. The van der Waals surface area contributed by atoms with E-state index in [4.69, 9.17) is 5.73 Å². The average molecular weight is 261 g/mol. The van der Waals surface area contributed by atoms with Gasteiger partial charge in [-0.1, -0.05) is 12.1 Å². The van der Waals surface area contributed by atoms with E-state index in [9.17, 15) is 4.79 Å². The van der Waals surface area contributed by atoms with Gasteiger partial charge in [-0.2, -0.15) is 0 Å². The van der Waals surface area contributed by atoms with Crippen LogP contribution in [-0.2, 0) is 0 Å². The maximum Gasteiger partial charge on any atom is 0.317 e. The van der Waals surface area contributed by atoms with Crippen LogP contribution in [0.3, 0.4) is 0 Å². The molecule has 1 fully saturated rings.